The molecule has 0 fully saturated rings. The maximum Gasteiger partial charge on any atom is 0.221 e. The van der Waals surface area contributed by atoms with E-state index in [-0.39, 0.29) is 18.4 Å². The predicted molar refractivity (Wildman–Crippen MR) is 83.4 cm³/mol. The van der Waals surface area contributed by atoms with Gasteiger partial charge in [-0.05, 0) is 45.9 Å². The number of anilines is 1. The highest BCUT2D eigenvalue weighted by molar-refractivity contribution is 9.10. The molecule has 0 aliphatic carbocycles. The fourth-order valence-electron chi connectivity index (χ4n) is 1.92. The molecule has 0 bridgehead atoms. The fourth-order valence-corrected chi connectivity index (χ4v) is 3.64. The zero-order valence-electron chi connectivity index (χ0n) is 10.5. The van der Waals surface area contributed by atoms with Gasteiger partial charge in [0.15, 0.2) is 0 Å². The van der Waals surface area contributed by atoms with Crippen molar-refractivity contribution >= 4 is 38.9 Å². The molecule has 100 valence electrons. The summed E-state index contributed by atoms with van der Waals surface area (Å²) in [6.07, 6.45) is 0.251. The number of carbonyl (C=O) groups excluding carboxylic acids is 1. The quantitative estimate of drug-likeness (QED) is 0.872. The van der Waals surface area contributed by atoms with E-state index in [2.05, 4.69) is 28.2 Å². The summed E-state index contributed by atoms with van der Waals surface area (Å²) in [5.74, 6) is -0.320. The summed E-state index contributed by atoms with van der Waals surface area (Å²) < 4.78 is 1.10. The van der Waals surface area contributed by atoms with Crippen molar-refractivity contribution in [3.8, 4) is 0 Å². The lowest BCUT2D eigenvalue weighted by Gasteiger charge is -2.17. The molecule has 1 unspecified atom stereocenters. The molecule has 0 aliphatic heterocycles. The van der Waals surface area contributed by atoms with Gasteiger partial charge in [-0.3, -0.25) is 4.79 Å². The molecule has 1 aromatic heterocycles. The van der Waals surface area contributed by atoms with Gasteiger partial charge in [0.1, 0.15) is 0 Å². The molecular formula is C14H15BrN2OS. The van der Waals surface area contributed by atoms with E-state index in [1.54, 1.807) is 11.3 Å². The molecule has 0 aliphatic rings. The first-order valence-electron chi connectivity index (χ1n) is 5.93. The van der Waals surface area contributed by atoms with Crippen LogP contribution in [-0.4, -0.2) is 5.91 Å². The second-order valence-electron chi connectivity index (χ2n) is 4.30. The number of benzene rings is 1. The Hall–Kier alpha value is -1.33. The number of primary amides is 1. The van der Waals surface area contributed by atoms with Crippen molar-refractivity contribution in [2.24, 2.45) is 5.73 Å². The molecule has 1 aromatic carbocycles. The second kappa shape index (κ2) is 6.21. The van der Waals surface area contributed by atoms with E-state index in [1.165, 1.54) is 4.88 Å². The van der Waals surface area contributed by atoms with Gasteiger partial charge >= 0.3 is 0 Å². The van der Waals surface area contributed by atoms with Crippen molar-refractivity contribution in [2.75, 3.05) is 5.32 Å². The first kappa shape index (κ1) is 14.1. The van der Waals surface area contributed by atoms with E-state index in [0.717, 1.165) is 15.7 Å². The third-order valence-electron chi connectivity index (χ3n) is 2.79. The van der Waals surface area contributed by atoms with Crippen LogP contribution in [0.2, 0.25) is 0 Å². The molecule has 0 saturated carbocycles. The largest absolute Gasteiger partial charge is 0.377 e. The Bertz CT molecular complexity index is 582. The molecule has 1 heterocycles. The lowest BCUT2D eigenvalue weighted by Crippen LogP contribution is -2.15. The molecule has 3 nitrogen and oxygen atoms in total. The van der Waals surface area contributed by atoms with Crippen LogP contribution in [0.5, 0.6) is 0 Å². The van der Waals surface area contributed by atoms with Gasteiger partial charge in [-0.2, -0.15) is 0 Å². The van der Waals surface area contributed by atoms with Crippen LogP contribution in [0, 0.1) is 0 Å². The average molecular weight is 339 g/mol. The predicted octanol–water partition coefficient (Wildman–Crippen LogP) is 3.71. The smallest absolute Gasteiger partial charge is 0.221 e. The fraction of sp³-hybridized carbons (Fsp3) is 0.214. The Morgan fingerprint density at radius 3 is 2.79 bits per heavy atom. The number of rotatable bonds is 5. The molecule has 2 rings (SSSR count). The summed E-state index contributed by atoms with van der Waals surface area (Å²) in [6, 6.07) is 9.95. The summed E-state index contributed by atoms with van der Waals surface area (Å²) in [6.45, 7) is 2.09. The van der Waals surface area contributed by atoms with Crippen LogP contribution in [-0.2, 0) is 11.2 Å². The molecule has 0 spiro atoms. The molecule has 19 heavy (non-hydrogen) atoms. The highest BCUT2D eigenvalue weighted by Gasteiger charge is 2.13. The SMILES string of the molecule is CC(Nc1ccccc1CC(N)=O)c1sccc1Br. The van der Waals surface area contributed by atoms with Gasteiger partial charge < -0.3 is 11.1 Å². The van der Waals surface area contributed by atoms with Gasteiger partial charge in [0.05, 0.1) is 12.5 Å². The standard InChI is InChI=1S/C14H15BrN2OS/c1-9(14-11(15)6-7-19-14)17-12-5-3-2-4-10(12)8-13(16)18/h2-7,9,17H,8H2,1H3,(H2,16,18). The molecule has 1 amide bonds. The van der Waals surface area contributed by atoms with Gasteiger partial charge in [0, 0.05) is 15.0 Å². The Morgan fingerprint density at radius 2 is 2.16 bits per heavy atom. The molecule has 0 radical (unpaired) electrons. The van der Waals surface area contributed by atoms with Gasteiger partial charge in [-0.15, -0.1) is 11.3 Å². The van der Waals surface area contributed by atoms with Crippen LogP contribution in [0.25, 0.3) is 0 Å². The minimum atomic E-state index is -0.320. The molecule has 2 aromatic rings. The Kier molecular flexibility index (Phi) is 4.61. The number of hydrogen-bond acceptors (Lipinski definition) is 3. The minimum Gasteiger partial charge on any atom is -0.377 e. The van der Waals surface area contributed by atoms with Crippen molar-refractivity contribution in [1.29, 1.82) is 0 Å². The monoisotopic (exact) mass is 338 g/mol. The Balaban J connectivity index is 2.19. The Labute approximate surface area is 125 Å². The van der Waals surface area contributed by atoms with Crippen molar-refractivity contribution in [3.05, 3.63) is 50.6 Å². The molecule has 1 atom stereocenters. The summed E-state index contributed by atoms with van der Waals surface area (Å²) in [5.41, 5.74) is 7.15. The number of nitrogens with one attached hydrogen (secondary N) is 1. The number of halogens is 1. The average Bonchev–Trinajstić information content (AvgIpc) is 2.77. The van der Waals surface area contributed by atoms with E-state index >= 15 is 0 Å². The normalized spacial score (nSPS) is 12.1. The molecule has 0 saturated heterocycles. The summed E-state index contributed by atoms with van der Waals surface area (Å²) in [4.78, 5) is 12.3. The lowest BCUT2D eigenvalue weighted by molar-refractivity contribution is -0.117. The van der Waals surface area contributed by atoms with E-state index in [0.29, 0.717) is 0 Å². The van der Waals surface area contributed by atoms with Crippen LogP contribution >= 0.6 is 27.3 Å². The van der Waals surface area contributed by atoms with E-state index in [1.807, 2.05) is 35.7 Å². The van der Waals surface area contributed by atoms with Gasteiger partial charge in [-0.1, -0.05) is 18.2 Å². The maximum absolute atomic E-state index is 11.1. The van der Waals surface area contributed by atoms with Crippen LogP contribution in [0.3, 0.4) is 0 Å². The minimum absolute atomic E-state index is 0.170. The number of hydrogen-bond donors (Lipinski definition) is 2. The third-order valence-corrected chi connectivity index (χ3v) is 4.85. The number of carbonyl (C=O) groups is 1. The number of amides is 1. The maximum atomic E-state index is 11.1. The van der Waals surface area contributed by atoms with E-state index < -0.39 is 0 Å². The topological polar surface area (TPSA) is 55.1 Å². The first-order valence-corrected chi connectivity index (χ1v) is 7.61. The van der Waals surface area contributed by atoms with Gasteiger partial charge in [0.2, 0.25) is 5.91 Å². The highest BCUT2D eigenvalue weighted by Crippen LogP contribution is 2.31. The van der Waals surface area contributed by atoms with E-state index in [4.69, 9.17) is 5.73 Å². The summed E-state index contributed by atoms with van der Waals surface area (Å²) in [5, 5.41) is 5.48. The molecule has 5 heteroatoms. The number of thiophene rings is 1. The second-order valence-corrected chi connectivity index (χ2v) is 6.10. The highest BCUT2D eigenvalue weighted by atomic mass is 79.9. The first-order chi connectivity index (χ1) is 9.08. The Morgan fingerprint density at radius 1 is 1.42 bits per heavy atom. The van der Waals surface area contributed by atoms with Crippen molar-refractivity contribution in [3.63, 3.8) is 0 Å². The van der Waals surface area contributed by atoms with Gasteiger partial charge in [0.25, 0.3) is 0 Å². The van der Waals surface area contributed by atoms with Crippen molar-refractivity contribution in [2.45, 2.75) is 19.4 Å². The molecule has 3 N–H and O–H groups in total. The number of nitrogens with two attached hydrogens (primary N) is 1. The van der Waals surface area contributed by atoms with Crippen LogP contribution < -0.4 is 11.1 Å². The third kappa shape index (κ3) is 3.58. The zero-order valence-corrected chi connectivity index (χ0v) is 12.9. The van der Waals surface area contributed by atoms with Crippen LogP contribution in [0.4, 0.5) is 5.69 Å². The van der Waals surface area contributed by atoms with Crippen LogP contribution in [0.15, 0.2) is 40.2 Å². The van der Waals surface area contributed by atoms with Crippen LogP contribution in [0.1, 0.15) is 23.4 Å². The lowest BCUT2D eigenvalue weighted by atomic mass is 10.1. The number of para-hydroxylation sites is 1. The summed E-state index contributed by atoms with van der Waals surface area (Å²) >= 11 is 5.23. The van der Waals surface area contributed by atoms with Crippen molar-refractivity contribution < 1.29 is 4.79 Å². The molecular weight excluding hydrogens is 324 g/mol. The summed E-state index contributed by atoms with van der Waals surface area (Å²) in [7, 11) is 0. The van der Waals surface area contributed by atoms with E-state index in [9.17, 15) is 4.79 Å². The van der Waals surface area contributed by atoms with Crippen molar-refractivity contribution in [1.82, 2.24) is 0 Å². The zero-order chi connectivity index (χ0) is 13.8. The van der Waals surface area contributed by atoms with Gasteiger partial charge in [-0.25, -0.2) is 0 Å².